The summed E-state index contributed by atoms with van der Waals surface area (Å²) in [6, 6.07) is 15.8. The van der Waals surface area contributed by atoms with E-state index in [4.69, 9.17) is 4.74 Å². The molecule has 0 bridgehead atoms. The molecule has 0 saturated heterocycles. The fourth-order valence-electron chi connectivity index (χ4n) is 2.68. The fraction of sp³-hybridized carbons (Fsp3) is 0.150. The summed E-state index contributed by atoms with van der Waals surface area (Å²) in [5.74, 6) is 0.935. The molecule has 22 heavy (non-hydrogen) atoms. The van der Waals surface area contributed by atoms with Crippen LogP contribution in [0.2, 0.25) is 0 Å². The molecule has 0 N–H and O–H groups in total. The van der Waals surface area contributed by atoms with Gasteiger partial charge in [-0.1, -0.05) is 48.6 Å². The van der Waals surface area contributed by atoms with Crippen LogP contribution in [-0.4, -0.2) is 12.9 Å². The number of allylic oxidation sites excluding steroid dienone is 3. The SMILES string of the molecule is COc1ccc2c(c1)CC/C(=C/C=C/c1ccccc1)C2=O. The zero-order valence-corrected chi connectivity index (χ0v) is 12.6. The van der Waals surface area contributed by atoms with Gasteiger partial charge in [-0.2, -0.15) is 0 Å². The van der Waals surface area contributed by atoms with Crippen molar-refractivity contribution in [2.45, 2.75) is 12.8 Å². The lowest BCUT2D eigenvalue weighted by Gasteiger charge is -2.17. The van der Waals surface area contributed by atoms with E-state index in [1.807, 2.05) is 66.8 Å². The van der Waals surface area contributed by atoms with Crippen LogP contribution in [0.4, 0.5) is 0 Å². The number of ether oxygens (including phenoxy) is 1. The molecule has 0 radical (unpaired) electrons. The zero-order chi connectivity index (χ0) is 15.4. The lowest BCUT2D eigenvalue weighted by atomic mass is 9.86. The van der Waals surface area contributed by atoms with Gasteiger partial charge in [-0.15, -0.1) is 0 Å². The molecule has 0 fully saturated rings. The lowest BCUT2D eigenvalue weighted by Crippen LogP contribution is -2.14. The number of carbonyl (C=O) groups excluding carboxylic acids is 1. The van der Waals surface area contributed by atoms with Crippen molar-refractivity contribution in [1.29, 1.82) is 0 Å². The Morgan fingerprint density at radius 1 is 1.05 bits per heavy atom. The molecule has 2 heteroatoms. The average molecular weight is 290 g/mol. The van der Waals surface area contributed by atoms with E-state index in [1.54, 1.807) is 7.11 Å². The highest BCUT2D eigenvalue weighted by molar-refractivity contribution is 6.11. The fourth-order valence-corrected chi connectivity index (χ4v) is 2.68. The Kier molecular flexibility index (Phi) is 4.19. The van der Waals surface area contributed by atoms with Gasteiger partial charge in [-0.05, 0) is 42.2 Å². The first kappa shape index (κ1) is 14.3. The van der Waals surface area contributed by atoms with Crippen molar-refractivity contribution in [3.8, 4) is 5.75 Å². The Bertz CT molecular complexity index is 740. The Balaban J connectivity index is 1.80. The smallest absolute Gasteiger partial charge is 0.189 e. The van der Waals surface area contributed by atoms with Crippen LogP contribution in [0, 0.1) is 0 Å². The Morgan fingerprint density at radius 3 is 2.64 bits per heavy atom. The van der Waals surface area contributed by atoms with E-state index >= 15 is 0 Å². The second kappa shape index (κ2) is 6.44. The van der Waals surface area contributed by atoms with E-state index in [-0.39, 0.29) is 5.78 Å². The highest BCUT2D eigenvalue weighted by Gasteiger charge is 2.21. The van der Waals surface area contributed by atoms with Gasteiger partial charge in [0.2, 0.25) is 0 Å². The predicted octanol–water partition coefficient (Wildman–Crippen LogP) is 4.46. The van der Waals surface area contributed by atoms with Crippen LogP contribution in [0.5, 0.6) is 5.75 Å². The third kappa shape index (κ3) is 3.01. The summed E-state index contributed by atoms with van der Waals surface area (Å²) in [7, 11) is 1.64. The highest BCUT2D eigenvalue weighted by atomic mass is 16.5. The molecule has 0 heterocycles. The van der Waals surface area contributed by atoms with Crippen molar-refractivity contribution in [3.63, 3.8) is 0 Å². The van der Waals surface area contributed by atoms with Crippen LogP contribution in [0.1, 0.15) is 27.9 Å². The van der Waals surface area contributed by atoms with Crippen molar-refractivity contribution in [2.24, 2.45) is 0 Å². The molecular weight excluding hydrogens is 272 g/mol. The molecule has 0 amide bonds. The number of aryl methyl sites for hydroxylation is 1. The van der Waals surface area contributed by atoms with E-state index in [2.05, 4.69) is 0 Å². The standard InChI is InChI=1S/C20H18O2/c1-22-18-12-13-19-17(14-18)11-10-16(20(19)21)9-5-8-15-6-3-2-4-7-15/h2-9,12-14H,10-11H2,1H3/b8-5+,16-9-. The van der Waals surface area contributed by atoms with Gasteiger partial charge in [0.15, 0.2) is 5.78 Å². The first-order valence-electron chi connectivity index (χ1n) is 7.42. The monoisotopic (exact) mass is 290 g/mol. The van der Waals surface area contributed by atoms with Crippen LogP contribution in [0.25, 0.3) is 6.08 Å². The summed E-state index contributed by atoms with van der Waals surface area (Å²) in [5.41, 5.74) is 3.87. The molecule has 2 aromatic rings. The quantitative estimate of drug-likeness (QED) is 0.780. The van der Waals surface area contributed by atoms with Crippen LogP contribution in [0.15, 0.2) is 66.3 Å². The minimum atomic E-state index is 0.126. The third-order valence-electron chi connectivity index (χ3n) is 3.90. The van der Waals surface area contributed by atoms with Gasteiger partial charge in [-0.25, -0.2) is 0 Å². The number of hydrogen-bond acceptors (Lipinski definition) is 2. The van der Waals surface area contributed by atoms with Gasteiger partial charge in [0.1, 0.15) is 5.75 Å². The average Bonchev–Trinajstić information content (AvgIpc) is 2.57. The van der Waals surface area contributed by atoms with Crippen molar-refractivity contribution < 1.29 is 9.53 Å². The molecule has 110 valence electrons. The maximum atomic E-state index is 12.5. The molecule has 0 saturated carbocycles. The van der Waals surface area contributed by atoms with Crippen LogP contribution in [-0.2, 0) is 6.42 Å². The number of Topliss-reactive ketones (excluding diaryl/α,β-unsaturated/α-hetero) is 1. The van der Waals surface area contributed by atoms with Gasteiger partial charge in [0.05, 0.1) is 7.11 Å². The second-order valence-electron chi connectivity index (χ2n) is 5.31. The predicted molar refractivity (Wildman–Crippen MR) is 89.2 cm³/mol. The molecule has 3 rings (SSSR count). The maximum absolute atomic E-state index is 12.5. The topological polar surface area (TPSA) is 26.3 Å². The molecule has 0 atom stereocenters. The van der Waals surface area contributed by atoms with E-state index in [9.17, 15) is 4.79 Å². The second-order valence-corrected chi connectivity index (χ2v) is 5.31. The van der Waals surface area contributed by atoms with Crippen LogP contribution >= 0.6 is 0 Å². The summed E-state index contributed by atoms with van der Waals surface area (Å²) in [6.07, 6.45) is 7.56. The molecule has 0 unspecified atom stereocenters. The first-order chi connectivity index (χ1) is 10.8. The number of hydrogen-bond donors (Lipinski definition) is 0. The molecule has 0 spiro atoms. The largest absolute Gasteiger partial charge is 0.497 e. The summed E-state index contributed by atoms with van der Waals surface area (Å²) in [4.78, 5) is 12.5. The summed E-state index contributed by atoms with van der Waals surface area (Å²) >= 11 is 0. The minimum absolute atomic E-state index is 0.126. The Labute approximate surface area is 130 Å². The molecule has 2 aromatic carbocycles. The van der Waals surface area contributed by atoms with E-state index in [0.29, 0.717) is 0 Å². The first-order valence-corrected chi connectivity index (χ1v) is 7.42. The van der Waals surface area contributed by atoms with Crippen molar-refractivity contribution in [1.82, 2.24) is 0 Å². The summed E-state index contributed by atoms with van der Waals surface area (Å²) in [5, 5.41) is 0. The molecule has 2 nitrogen and oxygen atoms in total. The number of fused-ring (bicyclic) bond motifs is 1. The molecule has 0 aromatic heterocycles. The van der Waals surface area contributed by atoms with Gasteiger partial charge >= 0.3 is 0 Å². The minimum Gasteiger partial charge on any atom is -0.497 e. The van der Waals surface area contributed by atoms with E-state index in [0.717, 1.165) is 40.9 Å². The lowest BCUT2D eigenvalue weighted by molar-refractivity contribution is 0.102. The maximum Gasteiger partial charge on any atom is 0.189 e. The van der Waals surface area contributed by atoms with Gasteiger partial charge in [0, 0.05) is 11.1 Å². The number of rotatable bonds is 3. The Morgan fingerprint density at radius 2 is 1.86 bits per heavy atom. The number of methoxy groups -OCH3 is 1. The van der Waals surface area contributed by atoms with E-state index in [1.165, 1.54) is 0 Å². The van der Waals surface area contributed by atoms with Gasteiger partial charge in [-0.3, -0.25) is 4.79 Å². The number of carbonyl (C=O) groups is 1. The van der Waals surface area contributed by atoms with E-state index < -0.39 is 0 Å². The molecule has 1 aliphatic rings. The third-order valence-corrected chi connectivity index (χ3v) is 3.90. The van der Waals surface area contributed by atoms with Gasteiger partial charge < -0.3 is 4.74 Å². The van der Waals surface area contributed by atoms with Crippen molar-refractivity contribution in [3.05, 3.63) is 82.9 Å². The number of ketones is 1. The molecule has 1 aliphatic carbocycles. The van der Waals surface area contributed by atoms with Crippen LogP contribution in [0.3, 0.4) is 0 Å². The highest BCUT2D eigenvalue weighted by Crippen LogP contribution is 2.28. The summed E-state index contributed by atoms with van der Waals surface area (Å²) in [6.45, 7) is 0. The van der Waals surface area contributed by atoms with Gasteiger partial charge in [0.25, 0.3) is 0 Å². The summed E-state index contributed by atoms with van der Waals surface area (Å²) < 4.78 is 5.22. The number of benzene rings is 2. The Hall–Kier alpha value is -2.61. The van der Waals surface area contributed by atoms with Crippen molar-refractivity contribution in [2.75, 3.05) is 7.11 Å². The molecule has 0 aliphatic heterocycles. The molecular formula is C20H18O2. The zero-order valence-electron chi connectivity index (χ0n) is 12.6. The van der Waals surface area contributed by atoms with Crippen LogP contribution < -0.4 is 4.74 Å². The van der Waals surface area contributed by atoms with Crippen molar-refractivity contribution >= 4 is 11.9 Å². The normalized spacial score (nSPS) is 16.0.